The van der Waals surface area contributed by atoms with Gasteiger partial charge in [0.25, 0.3) is 0 Å². The molecule has 1 fully saturated rings. The predicted molar refractivity (Wildman–Crippen MR) is 71.0 cm³/mol. The minimum Gasteiger partial charge on any atom is -0.497 e. The zero-order chi connectivity index (χ0) is 14.5. The lowest BCUT2D eigenvalue weighted by atomic mass is 10.1. The first-order valence-corrected chi connectivity index (χ1v) is 6.34. The summed E-state index contributed by atoms with van der Waals surface area (Å²) in [5, 5.41) is 4.84. The summed E-state index contributed by atoms with van der Waals surface area (Å²) in [4.78, 5) is 34.4. The highest BCUT2D eigenvalue weighted by atomic mass is 16.5. The van der Waals surface area contributed by atoms with Crippen molar-refractivity contribution in [2.75, 3.05) is 7.11 Å². The highest BCUT2D eigenvalue weighted by Gasteiger charge is 2.27. The third-order valence-corrected chi connectivity index (χ3v) is 3.10. The first-order chi connectivity index (χ1) is 9.58. The van der Waals surface area contributed by atoms with E-state index in [1.165, 1.54) is 0 Å². The Balaban J connectivity index is 1.88. The number of rotatable bonds is 4. The fourth-order valence-electron chi connectivity index (χ4n) is 2.01. The standard InChI is InChI=1S/C14H16N2O4/c1-20-10-4-2-9(3-5-10)8-13(18)15-11-6-7-12(17)16-14(11)19/h2-5,11H,6-8H2,1H3,(H,15,18)(H,16,17,19). The average molecular weight is 276 g/mol. The summed E-state index contributed by atoms with van der Waals surface area (Å²) in [6, 6.07) is 6.51. The Morgan fingerprint density at radius 3 is 2.65 bits per heavy atom. The van der Waals surface area contributed by atoms with Crippen LogP contribution in [0.25, 0.3) is 0 Å². The number of carbonyl (C=O) groups excluding carboxylic acids is 3. The van der Waals surface area contributed by atoms with Crippen LogP contribution in [0.3, 0.4) is 0 Å². The number of hydrogen-bond acceptors (Lipinski definition) is 4. The molecular formula is C14H16N2O4. The van der Waals surface area contributed by atoms with Gasteiger partial charge in [-0.1, -0.05) is 12.1 Å². The van der Waals surface area contributed by atoms with Crippen LogP contribution in [0.5, 0.6) is 5.75 Å². The SMILES string of the molecule is COc1ccc(CC(=O)NC2CCC(=O)NC2=O)cc1. The van der Waals surface area contributed by atoms with Crippen molar-refractivity contribution in [3.05, 3.63) is 29.8 Å². The van der Waals surface area contributed by atoms with Crippen molar-refractivity contribution in [3.8, 4) is 5.75 Å². The fraction of sp³-hybridized carbons (Fsp3) is 0.357. The van der Waals surface area contributed by atoms with Gasteiger partial charge in [0.05, 0.1) is 13.5 Å². The molecule has 6 heteroatoms. The number of amides is 3. The van der Waals surface area contributed by atoms with Gasteiger partial charge in [0, 0.05) is 6.42 Å². The van der Waals surface area contributed by atoms with Crippen LogP contribution in [0.1, 0.15) is 18.4 Å². The van der Waals surface area contributed by atoms with E-state index in [1.54, 1.807) is 31.4 Å². The zero-order valence-corrected chi connectivity index (χ0v) is 11.1. The summed E-state index contributed by atoms with van der Waals surface area (Å²) in [7, 11) is 1.57. The number of nitrogens with one attached hydrogen (secondary N) is 2. The molecule has 106 valence electrons. The van der Waals surface area contributed by atoms with Crippen molar-refractivity contribution in [2.24, 2.45) is 0 Å². The van der Waals surface area contributed by atoms with Gasteiger partial charge in [-0.3, -0.25) is 19.7 Å². The molecule has 1 atom stereocenters. The molecule has 1 aliphatic heterocycles. The van der Waals surface area contributed by atoms with Crippen LogP contribution >= 0.6 is 0 Å². The number of piperidine rings is 1. The maximum Gasteiger partial charge on any atom is 0.249 e. The van der Waals surface area contributed by atoms with Gasteiger partial charge in [0.15, 0.2) is 0 Å². The second kappa shape index (κ2) is 6.18. The van der Waals surface area contributed by atoms with Gasteiger partial charge in [0.1, 0.15) is 11.8 Å². The van der Waals surface area contributed by atoms with Gasteiger partial charge < -0.3 is 10.1 Å². The minimum atomic E-state index is -0.626. The molecule has 1 saturated heterocycles. The van der Waals surface area contributed by atoms with Gasteiger partial charge >= 0.3 is 0 Å². The van der Waals surface area contributed by atoms with Gasteiger partial charge in [-0.25, -0.2) is 0 Å². The van der Waals surface area contributed by atoms with Crippen LogP contribution in [-0.4, -0.2) is 30.9 Å². The van der Waals surface area contributed by atoms with E-state index >= 15 is 0 Å². The summed E-state index contributed by atoms with van der Waals surface area (Å²) in [6.07, 6.45) is 0.778. The molecule has 2 rings (SSSR count). The summed E-state index contributed by atoms with van der Waals surface area (Å²) >= 11 is 0. The lowest BCUT2D eigenvalue weighted by Crippen LogP contribution is -2.52. The Morgan fingerprint density at radius 1 is 1.35 bits per heavy atom. The molecule has 3 amide bonds. The normalized spacial score (nSPS) is 18.4. The molecule has 1 aromatic carbocycles. The average Bonchev–Trinajstić information content (AvgIpc) is 2.43. The van der Waals surface area contributed by atoms with Crippen molar-refractivity contribution in [3.63, 3.8) is 0 Å². The molecule has 1 heterocycles. The second-order valence-electron chi connectivity index (χ2n) is 4.60. The number of methoxy groups -OCH3 is 1. The minimum absolute atomic E-state index is 0.182. The van der Waals surface area contributed by atoms with E-state index in [9.17, 15) is 14.4 Å². The molecule has 0 bridgehead atoms. The summed E-state index contributed by atoms with van der Waals surface area (Å²) in [6.45, 7) is 0. The van der Waals surface area contributed by atoms with Crippen molar-refractivity contribution >= 4 is 17.7 Å². The fourth-order valence-corrected chi connectivity index (χ4v) is 2.01. The Morgan fingerprint density at radius 2 is 2.05 bits per heavy atom. The molecule has 0 saturated carbocycles. The Hall–Kier alpha value is -2.37. The van der Waals surface area contributed by atoms with Crippen LogP contribution in [0, 0.1) is 0 Å². The molecule has 0 aromatic heterocycles. The third-order valence-electron chi connectivity index (χ3n) is 3.10. The van der Waals surface area contributed by atoms with E-state index < -0.39 is 11.9 Å². The van der Waals surface area contributed by atoms with E-state index in [0.717, 1.165) is 11.3 Å². The second-order valence-corrected chi connectivity index (χ2v) is 4.60. The zero-order valence-electron chi connectivity index (χ0n) is 11.1. The van der Waals surface area contributed by atoms with Crippen LogP contribution in [0.2, 0.25) is 0 Å². The van der Waals surface area contributed by atoms with Gasteiger partial charge in [-0.2, -0.15) is 0 Å². The molecule has 0 radical (unpaired) electrons. The van der Waals surface area contributed by atoms with Crippen LogP contribution in [0.15, 0.2) is 24.3 Å². The van der Waals surface area contributed by atoms with Crippen molar-refractivity contribution < 1.29 is 19.1 Å². The van der Waals surface area contributed by atoms with Crippen molar-refractivity contribution in [1.82, 2.24) is 10.6 Å². The van der Waals surface area contributed by atoms with E-state index in [-0.39, 0.29) is 24.7 Å². The number of imide groups is 1. The van der Waals surface area contributed by atoms with Crippen LogP contribution < -0.4 is 15.4 Å². The monoisotopic (exact) mass is 276 g/mol. The lowest BCUT2D eigenvalue weighted by Gasteiger charge is -2.21. The number of hydrogen-bond donors (Lipinski definition) is 2. The van der Waals surface area contributed by atoms with Crippen molar-refractivity contribution in [1.29, 1.82) is 0 Å². The Kier molecular flexibility index (Phi) is 4.34. The Labute approximate surface area is 116 Å². The van der Waals surface area contributed by atoms with Gasteiger partial charge in [0.2, 0.25) is 17.7 Å². The van der Waals surface area contributed by atoms with Gasteiger partial charge in [-0.05, 0) is 24.1 Å². The molecule has 1 unspecified atom stereocenters. The molecular weight excluding hydrogens is 260 g/mol. The first-order valence-electron chi connectivity index (χ1n) is 6.34. The predicted octanol–water partition coefficient (Wildman–Crippen LogP) is 0.159. The maximum atomic E-state index is 11.9. The highest BCUT2D eigenvalue weighted by molar-refractivity contribution is 6.01. The Bertz CT molecular complexity index is 524. The summed E-state index contributed by atoms with van der Waals surface area (Å²) in [5.74, 6) is -0.260. The van der Waals surface area contributed by atoms with Crippen LogP contribution in [0.4, 0.5) is 0 Å². The summed E-state index contributed by atoms with van der Waals surface area (Å²) < 4.78 is 5.03. The van der Waals surface area contributed by atoms with Gasteiger partial charge in [-0.15, -0.1) is 0 Å². The molecule has 1 aliphatic rings. The van der Waals surface area contributed by atoms with E-state index in [4.69, 9.17) is 4.74 Å². The first kappa shape index (κ1) is 14.0. The number of ether oxygens (including phenoxy) is 1. The molecule has 2 N–H and O–H groups in total. The molecule has 0 aliphatic carbocycles. The number of carbonyl (C=O) groups is 3. The molecule has 20 heavy (non-hydrogen) atoms. The quantitative estimate of drug-likeness (QED) is 0.767. The topological polar surface area (TPSA) is 84.5 Å². The molecule has 1 aromatic rings. The smallest absolute Gasteiger partial charge is 0.249 e. The van der Waals surface area contributed by atoms with E-state index in [1.807, 2.05) is 0 Å². The van der Waals surface area contributed by atoms with E-state index in [0.29, 0.717) is 6.42 Å². The largest absolute Gasteiger partial charge is 0.497 e. The summed E-state index contributed by atoms with van der Waals surface area (Å²) in [5.41, 5.74) is 0.829. The maximum absolute atomic E-state index is 11.9. The third kappa shape index (κ3) is 3.57. The lowest BCUT2D eigenvalue weighted by molar-refractivity contribution is -0.137. The van der Waals surface area contributed by atoms with Crippen molar-refractivity contribution in [2.45, 2.75) is 25.3 Å². The highest BCUT2D eigenvalue weighted by Crippen LogP contribution is 2.12. The number of benzene rings is 1. The molecule has 6 nitrogen and oxygen atoms in total. The molecule has 0 spiro atoms. The van der Waals surface area contributed by atoms with E-state index in [2.05, 4.69) is 10.6 Å². The van der Waals surface area contributed by atoms with Crippen LogP contribution in [-0.2, 0) is 20.8 Å².